The molecule has 90 valence electrons. The Morgan fingerprint density at radius 2 is 1.81 bits per heavy atom. The molecule has 3 heteroatoms. The highest BCUT2D eigenvalue weighted by molar-refractivity contribution is 9.09. The summed E-state index contributed by atoms with van der Waals surface area (Å²) in [5.41, 5.74) is 0.838. The van der Waals surface area contributed by atoms with Crippen molar-refractivity contribution in [2.75, 3.05) is 0 Å². The fraction of sp³-hybridized carbons (Fsp3) is 0.538. The van der Waals surface area contributed by atoms with Crippen molar-refractivity contribution < 1.29 is 8.78 Å². The van der Waals surface area contributed by atoms with Gasteiger partial charge in [-0.15, -0.1) is 0 Å². The van der Waals surface area contributed by atoms with E-state index in [1.54, 1.807) is 6.07 Å². The molecule has 0 heterocycles. The van der Waals surface area contributed by atoms with Crippen LogP contribution in [0.15, 0.2) is 18.2 Å². The van der Waals surface area contributed by atoms with Crippen molar-refractivity contribution in [3.63, 3.8) is 0 Å². The molecule has 0 spiro atoms. The van der Waals surface area contributed by atoms with Crippen molar-refractivity contribution in [2.45, 2.75) is 37.9 Å². The van der Waals surface area contributed by atoms with Crippen molar-refractivity contribution in [1.29, 1.82) is 0 Å². The Labute approximate surface area is 104 Å². The van der Waals surface area contributed by atoms with Crippen molar-refractivity contribution >= 4 is 15.9 Å². The molecule has 0 aliphatic carbocycles. The van der Waals surface area contributed by atoms with Crippen LogP contribution in [0.1, 0.15) is 32.3 Å². The molecule has 0 radical (unpaired) electrons. The summed E-state index contributed by atoms with van der Waals surface area (Å²) in [7, 11) is 0. The topological polar surface area (TPSA) is 0 Å². The summed E-state index contributed by atoms with van der Waals surface area (Å²) >= 11 is 3.57. The summed E-state index contributed by atoms with van der Waals surface area (Å²) in [4.78, 5) is 0.333. The SMILES string of the molecule is CC(C)CCC(Br)Cc1ccc(F)c(F)c1. The van der Waals surface area contributed by atoms with Gasteiger partial charge >= 0.3 is 0 Å². The smallest absolute Gasteiger partial charge is 0.159 e. The molecule has 1 unspecified atom stereocenters. The molecule has 0 nitrogen and oxygen atoms in total. The lowest BCUT2D eigenvalue weighted by molar-refractivity contribution is 0.506. The van der Waals surface area contributed by atoms with E-state index in [9.17, 15) is 8.78 Å². The Kier molecular flexibility index (Phi) is 5.39. The maximum atomic E-state index is 13.0. The first-order chi connectivity index (χ1) is 7.49. The summed E-state index contributed by atoms with van der Waals surface area (Å²) in [6.45, 7) is 4.36. The average molecular weight is 291 g/mol. The van der Waals surface area contributed by atoms with Crippen molar-refractivity contribution in [3.8, 4) is 0 Å². The lowest BCUT2D eigenvalue weighted by atomic mass is 10.0. The van der Waals surface area contributed by atoms with Crippen LogP contribution in [-0.4, -0.2) is 4.83 Å². The normalized spacial score (nSPS) is 13.1. The first-order valence-corrected chi connectivity index (χ1v) is 6.48. The van der Waals surface area contributed by atoms with E-state index in [-0.39, 0.29) is 0 Å². The molecule has 1 aromatic carbocycles. The minimum Gasteiger partial charge on any atom is -0.204 e. The molecule has 0 saturated carbocycles. The van der Waals surface area contributed by atoms with Gasteiger partial charge in [-0.25, -0.2) is 8.78 Å². The van der Waals surface area contributed by atoms with E-state index >= 15 is 0 Å². The van der Waals surface area contributed by atoms with Crippen LogP contribution in [0.2, 0.25) is 0 Å². The third kappa shape index (κ3) is 4.60. The lowest BCUT2D eigenvalue weighted by Crippen LogP contribution is -2.05. The van der Waals surface area contributed by atoms with Gasteiger partial charge in [0.2, 0.25) is 0 Å². The molecule has 0 saturated heterocycles. The third-order valence-electron chi connectivity index (χ3n) is 2.50. The first kappa shape index (κ1) is 13.6. The van der Waals surface area contributed by atoms with Crippen LogP contribution in [0, 0.1) is 17.6 Å². The van der Waals surface area contributed by atoms with E-state index in [4.69, 9.17) is 0 Å². The van der Waals surface area contributed by atoms with E-state index < -0.39 is 11.6 Å². The fourth-order valence-corrected chi connectivity index (χ4v) is 2.18. The minimum atomic E-state index is -0.781. The molecule has 1 rings (SSSR count). The van der Waals surface area contributed by atoms with Gasteiger partial charge in [0.25, 0.3) is 0 Å². The largest absolute Gasteiger partial charge is 0.204 e. The van der Waals surface area contributed by atoms with Gasteiger partial charge in [-0.1, -0.05) is 35.8 Å². The summed E-state index contributed by atoms with van der Waals surface area (Å²) in [5.74, 6) is -0.872. The van der Waals surface area contributed by atoms with E-state index in [2.05, 4.69) is 29.8 Å². The van der Waals surface area contributed by atoms with Crippen molar-refractivity contribution in [3.05, 3.63) is 35.4 Å². The van der Waals surface area contributed by atoms with Gasteiger partial charge in [-0.05, 0) is 42.9 Å². The lowest BCUT2D eigenvalue weighted by Gasteiger charge is -2.11. The zero-order valence-corrected chi connectivity index (χ0v) is 11.2. The molecule has 0 bridgehead atoms. The molecular weight excluding hydrogens is 274 g/mol. The monoisotopic (exact) mass is 290 g/mol. The van der Waals surface area contributed by atoms with Gasteiger partial charge in [-0.3, -0.25) is 0 Å². The highest BCUT2D eigenvalue weighted by atomic mass is 79.9. The van der Waals surface area contributed by atoms with Crippen LogP contribution in [0.4, 0.5) is 8.78 Å². The predicted octanol–water partition coefficient (Wildman–Crippen LogP) is 4.71. The highest BCUT2D eigenvalue weighted by Gasteiger charge is 2.09. The Balaban J connectivity index is 2.49. The number of rotatable bonds is 5. The zero-order chi connectivity index (χ0) is 12.1. The van der Waals surface area contributed by atoms with Crippen LogP contribution >= 0.6 is 15.9 Å². The molecule has 0 amide bonds. The molecule has 16 heavy (non-hydrogen) atoms. The second-order valence-electron chi connectivity index (χ2n) is 4.52. The zero-order valence-electron chi connectivity index (χ0n) is 9.64. The summed E-state index contributed by atoms with van der Waals surface area (Å²) in [5, 5.41) is 0. The fourth-order valence-electron chi connectivity index (χ4n) is 1.54. The summed E-state index contributed by atoms with van der Waals surface area (Å²) in [6, 6.07) is 4.11. The molecular formula is C13H17BrF2. The Bertz CT molecular complexity index is 337. The van der Waals surface area contributed by atoms with Crippen LogP contribution in [0.3, 0.4) is 0 Å². The second-order valence-corrected chi connectivity index (χ2v) is 5.82. The van der Waals surface area contributed by atoms with E-state index in [1.165, 1.54) is 12.1 Å². The standard InChI is InChI=1S/C13H17BrF2/c1-9(2)3-5-11(14)7-10-4-6-12(15)13(16)8-10/h4,6,8-9,11H,3,5,7H2,1-2H3. The Morgan fingerprint density at radius 3 is 2.38 bits per heavy atom. The molecule has 1 aromatic rings. The van der Waals surface area contributed by atoms with Gasteiger partial charge in [0.05, 0.1) is 0 Å². The van der Waals surface area contributed by atoms with E-state index in [0.29, 0.717) is 10.7 Å². The molecule has 0 N–H and O–H groups in total. The quantitative estimate of drug-likeness (QED) is 0.689. The van der Waals surface area contributed by atoms with Gasteiger partial charge in [0.1, 0.15) is 0 Å². The molecule has 0 fully saturated rings. The van der Waals surface area contributed by atoms with E-state index in [1.807, 2.05) is 0 Å². The first-order valence-electron chi connectivity index (χ1n) is 5.57. The Morgan fingerprint density at radius 1 is 1.12 bits per heavy atom. The minimum absolute atomic E-state index is 0.333. The van der Waals surface area contributed by atoms with Crippen molar-refractivity contribution in [2.24, 2.45) is 5.92 Å². The van der Waals surface area contributed by atoms with Crippen LogP contribution < -0.4 is 0 Å². The number of halogens is 3. The van der Waals surface area contributed by atoms with Crippen LogP contribution in [0.25, 0.3) is 0 Å². The number of benzene rings is 1. The number of alkyl halides is 1. The van der Waals surface area contributed by atoms with Gasteiger partial charge in [-0.2, -0.15) is 0 Å². The maximum Gasteiger partial charge on any atom is 0.159 e. The number of hydrogen-bond acceptors (Lipinski definition) is 0. The third-order valence-corrected chi connectivity index (χ3v) is 3.28. The molecule has 0 aromatic heterocycles. The molecule has 0 aliphatic heterocycles. The second kappa shape index (κ2) is 6.33. The Hall–Kier alpha value is -0.440. The average Bonchev–Trinajstić information content (AvgIpc) is 2.21. The van der Waals surface area contributed by atoms with Crippen LogP contribution in [0.5, 0.6) is 0 Å². The van der Waals surface area contributed by atoms with Crippen LogP contribution in [-0.2, 0) is 6.42 Å². The maximum absolute atomic E-state index is 13.0. The summed E-state index contributed by atoms with van der Waals surface area (Å²) < 4.78 is 25.7. The highest BCUT2D eigenvalue weighted by Crippen LogP contribution is 2.19. The van der Waals surface area contributed by atoms with Gasteiger partial charge in [0, 0.05) is 4.83 Å². The van der Waals surface area contributed by atoms with Gasteiger partial charge in [0.15, 0.2) is 11.6 Å². The summed E-state index contributed by atoms with van der Waals surface area (Å²) in [6.07, 6.45) is 2.93. The molecule has 1 atom stereocenters. The van der Waals surface area contributed by atoms with Crippen molar-refractivity contribution in [1.82, 2.24) is 0 Å². The predicted molar refractivity (Wildman–Crippen MR) is 66.8 cm³/mol. The van der Waals surface area contributed by atoms with Gasteiger partial charge < -0.3 is 0 Å². The van der Waals surface area contributed by atoms with E-state index in [0.717, 1.165) is 24.8 Å². The molecule has 0 aliphatic rings. The number of hydrogen-bond donors (Lipinski definition) is 0.